The third kappa shape index (κ3) is 3.51. The molecule has 0 saturated carbocycles. The summed E-state index contributed by atoms with van der Waals surface area (Å²) < 4.78 is 5.86. The number of rotatable bonds is 3. The lowest BCUT2D eigenvalue weighted by Gasteiger charge is -2.20. The number of carbonyl (C=O) groups excluding carboxylic acids is 1. The zero-order valence-electron chi connectivity index (χ0n) is 14.6. The summed E-state index contributed by atoms with van der Waals surface area (Å²) in [6.07, 6.45) is 3.48. The number of nitriles is 1. The molecule has 132 valence electrons. The zero-order valence-corrected chi connectivity index (χ0v) is 14.6. The van der Waals surface area contributed by atoms with Gasteiger partial charge in [-0.3, -0.25) is 9.78 Å². The number of fused-ring (bicyclic) bond motifs is 1. The van der Waals surface area contributed by atoms with Gasteiger partial charge in [-0.05, 0) is 53.1 Å². The van der Waals surface area contributed by atoms with Gasteiger partial charge < -0.3 is 9.64 Å². The van der Waals surface area contributed by atoms with E-state index in [4.69, 9.17) is 10.00 Å². The lowest BCUT2D eigenvalue weighted by molar-refractivity contribution is 0.0743. The van der Waals surface area contributed by atoms with Gasteiger partial charge in [0.25, 0.3) is 5.91 Å². The van der Waals surface area contributed by atoms with E-state index < -0.39 is 0 Å². The minimum absolute atomic E-state index is 0.0638. The first-order valence-corrected chi connectivity index (χ1v) is 8.70. The fourth-order valence-electron chi connectivity index (χ4n) is 3.19. The van der Waals surface area contributed by atoms with Crippen molar-refractivity contribution in [2.45, 2.75) is 6.54 Å². The van der Waals surface area contributed by atoms with Crippen LogP contribution in [0, 0.1) is 11.3 Å². The van der Waals surface area contributed by atoms with Crippen molar-refractivity contribution in [1.82, 2.24) is 9.88 Å². The maximum absolute atomic E-state index is 13.0. The third-order valence-electron chi connectivity index (χ3n) is 4.56. The van der Waals surface area contributed by atoms with E-state index in [1.165, 1.54) is 0 Å². The van der Waals surface area contributed by atoms with Crippen molar-refractivity contribution in [1.29, 1.82) is 5.26 Å². The number of amides is 1. The van der Waals surface area contributed by atoms with Gasteiger partial charge in [0.2, 0.25) is 0 Å². The van der Waals surface area contributed by atoms with Gasteiger partial charge in [0, 0.05) is 18.9 Å². The molecular weight excluding hydrogens is 338 g/mol. The van der Waals surface area contributed by atoms with E-state index in [0.29, 0.717) is 36.6 Å². The molecule has 0 atom stereocenters. The number of hydrogen-bond acceptors (Lipinski definition) is 4. The van der Waals surface area contributed by atoms with Crippen LogP contribution in [0.3, 0.4) is 0 Å². The van der Waals surface area contributed by atoms with Crippen LogP contribution in [-0.4, -0.2) is 28.9 Å². The smallest absolute Gasteiger partial charge is 0.258 e. The molecule has 3 aromatic rings. The van der Waals surface area contributed by atoms with Crippen molar-refractivity contribution in [2.24, 2.45) is 0 Å². The van der Waals surface area contributed by atoms with Crippen LogP contribution in [0.5, 0.6) is 5.75 Å². The quantitative estimate of drug-likeness (QED) is 0.719. The summed E-state index contributed by atoms with van der Waals surface area (Å²) >= 11 is 0. The molecule has 0 fully saturated rings. The van der Waals surface area contributed by atoms with Gasteiger partial charge in [0.1, 0.15) is 12.4 Å². The van der Waals surface area contributed by atoms with Crippen molar-refractivity contribution in [2.75, 3.05) is 13.2 Å². The van der Waals surface area contributed by atoms with Gasteiger partial charge in [-0.1, -0.05) is 18.2 Å². The van der Waals surface area contributed by atoms with E-state index >= 15 is 0 Å². The summed E-state index contributed by atoms with van der Waals surface area (Å²) in [6, 6.07) is 19.0. The summed E-state index contributed by atoms with van der Waals surface area (Å²) in [5, 5.41) is 9.06. The lowest BCUT2D eigenvalue weighted by atomic mass is 10.0. The second kappa shape index (κ2) is 7.30. The van der Waals surface area contributed by atoms with Gasteiger partial charge >= 0.3 is 0 Å². The Hall–Kier alpha value is -3.65. The molecule has 0 spiro atoms. The van der Waals surface area contributed by atoms with Gasteiger partial charge in [0.05, 0.1) is 23.7 Å². The first-order chi connectivity index (χ1) is 13.2. The second-order valence-electron chi connectivity index (χ2n) is 6.33. The molecule has 27 heavy (non-hydrogen) atoms. The van der Waals surface area contributed by atoms with Crippen LogP contribution in [-0.2, 0) is 6.54 Å². The molecule has 5 heteroatoms. The second-order valence-corrected chi connectivity index (χ2v) is 6.33. The normalized spacial score (nSPS) is 13.3. The molecule has 2 aromatic carbocycles. The summed E-state index contributed by atoms with van der Waals surface area (Å²) in [7, 11) is 0. The Morgan fingerprint density at radius 2 is 1.93 bits per heavy atom. The topological polar surface area (TPSA) is 66.2 Å². The van der Waals surface area contributed by atoms with Crippen LogP contribution in [0.25, 0.3) is 11.1 Å². The highest BCUT2D eigenvalue weighted by Gasteiger charge is 2.24. The Morgan fingerprint density at radius 1 is 1.07 bits per heavy atom. The molecule has 4 rings (SSSR count). The number of ether oxygens (including phenoxy) is 1. The van der Waals surface area contributed by atoms with Crippen LogP contribution in [0.4, 0.5) is 0 Å². The molecule has 1 amide bonds. The maximum atomic E-state index is 13.0. The highest BCUT2D eigenvalue weighted by atomic mass is 16.5. The Balaban J connectivity index is 1.61. The summed E-state index contributed by atoms with van der Waals surface area (Å²) in [4.78, 5) is 18.8. The number of hydrogen-bond donors (Lipinski definition) is 0. The minimum atomic E-state index is -0.0638. The van der Waals surface area contributed by atoms with Crippen molar-refractivity contribution in [3.8, 4) is 22.9 Å². The molecule has 1 aliphatic heterocycles. The SMILES string of the molecule is N#Cc1cccc(CN2CCOc3cc(-c4ccncc4)ccc3C2=O)c1. The average Bonchev–Trinajstić information content (AvgIpc) is 2.87. The first-order valence-electron chi connectivity index (χ1n) is 8.70. The number of carbonyl (C=O) groups is 1. The Bertz CT molecular complexity index is 1030. The van der Waals surface area contributed by atoms with Crippen LogP contribution >= 0.6 is 0 Å². The van der Waals surface area contributed by atoms with E-state index in [0.717, 1.165) is 16.7 Å². The molecule has 0 aliphatic carbocycles. The predicted molar refractivity (Wildman–Crippen MR) is 101 cm³/mol. The van der Waals surface area contributed by atoms with Crippen molar-refractivity contribution < 1.29 is 9.53 Å². The highest BCUT2D eigenvalue weighted by molar-refractivity contribution is 5.98. The fourth-order valence-corrected chi connectivity index (χ4v) is 3.19. The lowest BCUT2D eigenvalue weighted by Crippen LogP contribution is -2.31. The van der Waals surface area contributed by atoms with Gasteiger partial charge in [-0.15, -0.1) is 0 Å². The van der Waals surface area contributed by atoms with Crippen LogP contribution in [0.1, 0.15) is 21.5 Å². The number of nitrogens with zero attached hydrogens (tertiary/aromatic N) is 3. The molecule has 5 nitrogen and oxygen atoms in total. The van der Waals surface area contributed by atoms with Crippen molar-refractivity contribution >= 4 is 5.91 Å². The molecular formula is C22H17N3O2. The highest BCUT2D eigenvalue weighted by Crippen LogP contribution is 2.30. The Labute approximate surface area is 157 Å². The van der Waals surface area contributed by atoms with Crippen molar-refractivity contribution in [3.05, 3.63) is 83.7 Å². The molecule has 0 N–H and O–H groups in total. The van der Waals surface area contributed by atoms with E-state index in [1.54, 1.807) is 23.4 Å². The molecule has 0 saturated heterocycles. The maximum Gasteiger partial charge on any atom is 0.258 e. The Morgan fingerprint density at radius 3 is 2.74 bits per heavy atom. The van der Waals surface area contributed by atoms with Crippen LogP contribution < -0.4 is 4.74 Å². The number of benzene rings is 2. The number of pyridine rings is 1. The summed E-state index contributed by atoms with van der Waals surface area (Å²) in [5.41, 5.74) is 4.09. The molecule has 1 aliphatic rings. The average molecular weight is 355 g/mol. The Kier molecular flexibility index (Phi) is 4.54. The zero-order chi connectivity index (χ0) is 18.6. The molecule has 0 radical (unpaired) electrons. The van der Waals surface area contributed by atoms with E-state index in [9.17, 15) is 4.79 Å². The number of aromatic nitrogens is 1. The van der Waals surface area contributed by atoms with Crippen LogP contribution in [0.15, 0.2) is 67.0 Å². The van der Waals surface area contributed by atoms with Gasteiger partial charge in [-0.25, -0.2) is 0 Å². The van der Waals surface area contributed by atoms with Crippen LogP contribution in [0.2, 0.25) is 0 Å². The van der Waals surface area contributed by atoms with Gasteiger partial charge in [0.15, 0.2) is 0 Å². The van der Waals surface area contributed by atoms with E-state index in [1.807, 2.05) is 48.5 Å². The molecule has 0 bridgehead atoms. The van der Waals surface area contributed by atoms with E-state index in [-0.39, 0.29) is 5.91 Å². The van der Waals surface area contributed by atoms with Crippen molar-refractivity contribution in [3.63, 3.8) is 0 Å². The third-order valence-corrected chi connectivity index (χ3v) is 4.56. The van der Waals surface area contributed by atoms with E-state index in [2.05, 4.69) is 11.1 Å². The monoisotopic (exact) mass is 355 g/mol. The largest absolute Gasteiger partial charge is 0.491 e. The van der Waals surface area contributed by atoms with Gasteiger partial charge in [-0.2, -0.15) is 5.26 Å². The summed E-state index contributed by atoms with van der Waals surface area (Å²) in [6.45, 7) is 1.37. The first kappa shape index (κ1) is 16.8. The molecule has 0 unspecified atom stereocenters. The fraction of sp³-hybridized carbons (Fsp3) is 0.136. The minimum Gasteiger partial charge on any atom is -0.491 e. The molecule has 1 aromatic heterocycles. The molecule has 2 heterocycles. The predicted octanol–water partition coefficient (Wildman–Crippen LogP) is 3.66. The summed E-state index contributed by atoms with van der Waals surface area (Å²) in [5.74, 6) is 0.536. The standard InChI is InChI=1S/C22H17N3O2/c23-14-16-2-1-3-17(12-16)15-25-10-11-27-21-13-19(4-5-20(21)22(25)26)18-6-8-24-9-7-18/h1-9,12-13H,10-11,15H2.